The Morgan fingerprint density at radius 1 is 1.47 bits per heavy atom. The third-order valence-corrected chi connectivity index (χ3v) is 4.30. The van der Waals surface area contributed by atoms with Crippen LogP contribution in [0.5, 0.6) is 0 Å². The number of nitrogens with zero attached hydrogens (tertiary/aromatic N) is 1. The number of halogens is 2. The Balaban J connectivity index is 1.92. The summed E-state index contributed by atoms with van der Waals surface area (Å²) in [5.74, 6) is -0.327. The summed E-state index contributed by atoms with van der Waals surface area (Å²) in [5, 5.41) is 0. The predicted molar refractivity (Wildman–Crippen MR) is 74.1 cm³/mol. The number of carbonyl (C=O) groups excluding carboxylic acids is 1. The van der Waals surface area contributed by atoms with Crippen LogP contribution in [0, 0.1) is 11.7 Å². The molecule has 104 valence electrons. The summed E-state index contributed by atoms with van der Waals surface area (Å²) in [6.07, 6.45) is 1.61. The molecule has 0 amide bonds. The van der Waals surface area contributed by atoms with Crippen molar-refractivity contribution in [3.05, 3.63) is 34.1 Å². The van der Waals surface area contributed by atoms with Crippen LogP contribution in [-0.4, -0.2) is 31.1 Å². The minimum Gasteiger partial charge on any atom is -0.469 e. The predicted octanol–water partition coefficient (Wildman–Crippen LogP) is 2.97. The van der Waals surface area contributed by atoms with E-state index in [0.29, 0.717) is 6.54 Å². The fraction of sp³-hybridized carbons (Fsp3) is 0.500. The van der Waals surface area contributed by atoms with E-state index in [-0.39, 0.29) is 17.7 Å². The second-order valence-electron chi connectivity index (χ2n) is 4.81. The van der Waals surface area contributed by atoms with Gasteiger partial charge in [0.2, 0.25) is 0 Å². The molecule has 1 heterocycles. The van der Waals surface area contributed by atoms with Crippen LogP contribution < -0.4 is 0 Å². The van der Waals surface area contributed by atoms with Crippen LogP contribution in [0.1, 0.15) is 18.4 Å². The van der Waals surface area contributed by atoms with E-state index in [2.05, 4.69) is 20.8 Å². The third kappa shape index (κ3) is 3.76. The van der Waals surface area contributed by atoms with Crippen molar-refractivity contribution in [2.24, 2.45) is 5.92 Å². The first-order valence-corrected chi connectivity index (χ1v) is 7.13. The Bertz CT molecular complexity index is 459. The van der Waals surface area contributed by atoms with Crippen molar-refractivity contribution >= 4 is 21.9 Å². The molecular formula is C14H17BrFNO2. The van der Waals surface area contributed by atoms with Crippen LogP contribution in [0.3, 0.4) is 0 Å². The summed E-state index contributed by atoms with van der Waals surface area (Å²) in [6, 6.07) is 4.72. The lowest BCUT2D eigenvalue weighted by molar-refractivity contribution is -0.147. The summed E-state index contributed by atoms with van der Waals surface area (Å²) < 4.78 is 18.9. The van der Waals surface area contributed by atoms with E-state index in [1.165, 1.54) is 13.2 Å². The summed E-state index contributed by atoms with van der Waals surface area (Å²) in [6.45, 7) is 2.37. The van der Waals surface area contributed by atoms with E-state index in [1.807, 2.05) is 0 Å². The van der Waals surface area contributed by atoms with Crippen molar-refractivity contribution in [1.82, 2.24) is 4.90 Å². The van der Waals surface area contributed by atoms with Crippen molar-refractivity contribution in [2.75, 3.05) is 20.2 Å². The molecule has 0 spiro atoms. The zero-order valence-electron chi connectivity index (χ0n) is 10.9. The number of esters is 1. The molecule has 0 bridgehead atoms. The molecule has 2 rings (SSSR count). The van der Waals surface area contributed by atoms with Gasteiger partial charge < -0.3 is 4.74 Å². The monoisotopic (exact) mass is 329 g/mol. The lowest BCUT2D eigenvalue weighted by Crippen LogP contribution is -2.36. The average Bonchev–Trinajstić information content (AvgIpc) is 2.43. The Kier molecular flexibility index (Phi) is 4.93. The van der Waals surface area contributed by atoms with Gasteiger partial charge in [-0.3, -0.25) is 9.69 Å². The average molecular weight is 330 g/mol. The van der Waals surface area contributed by atoms with Crippen molar-refractivity contribution in [2.45, 2.75) is 19.4 Å². The van der Waals surface area contributed by atoms with Crippen LogP contribution in [0.15, 0.2) is 22.7 Å². The van der Waals surface area contributed by atoms with Gasteiger partial charge in [0.1, 0.15) is 5.82 Å². The maximum Gasteiger partial charge on any atom is 0.308 e. The minimum absolute atomic E-state index is 0.0113. The highest BCUT2D eigenvalue weighted by Crippen LogP contribution is 2.23. The molecule has 1 aromatic rings. The first kappa shape index (κ1) is 14.5. The van der Waals surface area contributed by atoms with E-state index in [1.54, 1.807) is 12.1 Å². The number of carbonyl (C=O) groups is 1. The molecule has 0 atom stereocenters. The molecule has 0 unspecified atom stereocenters. The minimum atomic E-state index is -0.220. The van der Waals surface area contributed by atoms with Gasteiger partial charge in [-0.1, -0.05) is 15.9 Å². The lowest BCUT2D eigenvalue weighted by Gasteiger charge is -2.30. The lowest BCUT2D eigenvalue weighted by atomic mass is 9.96. The normalized spacial score (nSPS) is 17.4. The third-order valence-electron chi connectivity index (χ3n) is 3.52. The zero-order valence-corrected chi connectivity index (χ0v) is 12.5. The molecule has 0 aromatic heterocycles. The number of likely N-dealkylation sites (tertiary alicyclic amines) is 1. The molecule has 0 radical (unpaired) electrons. The fourth-order valence-corrected chi connectivity index (χ4v) is 2.77. The molecule has 0 saturated carbocycles. The molecule has 0 N–H and O–H groups in total. The Morgan fingerprint density at radius 2 is 2.16 bits per heavy atom. The van der Waals surface area contributed by atoms with Crippen LogP contribution >= 0.6 is 15.9 Å². The van der Waals surface area contributed by atoms with E-state index in [4.69, 9.17) is 4.74 Å². The van der Waals surface area contributed by atoms with Gasteiger partial charge in [0, 0.05) is 11.0 Å². The largest absolute Gasteiger partial charge is 0.469 e. The molecule has 1 saturated heterocycles. The second kappa shape index (κ2) is 6.48. The number of rotatable bonds is 3. The van der Waals surface area contributed by atoms with Crippen LogP contribution in [0.2, 0.25) is 0 Å². The summed E-state index contributed by atoms with van der Waals surface area (Å²) in [4.78, 5) is 13.7. The first-order chi connectivity index (χ1) is 9.10. The highest BCUT2D eigenvalue weighted by molar-refractivity contribution is 9.10. The van der Waals surface area contributed by atoms with Crippen molar-refractivity contribution < 1.29 is 13.9 Å². The van der Waals surface area contributed by atoms with Crippen LogP contribution in [0.4, 0.5) is 4.39 Å². The molecule has 1 aliphatic heterocycles. The molecule has 3 nitrogen and oxygen atoms in total. The SMILES string of the molecule is COC(=O)C1CCN(Cc2cc(F)ccc2Br)CC1. The molecule has 1 aliphatic rings. The Morgan fingerprint density at radius 3 is 2.79 bits per heavy atom. The zero-order chi connectivity index (χ0) is 13.8. The smallest absolute Gasteiger partial charge is 0.308 e. The Hall–Kier alpha value is -0.940. The second-order valence-corrected chi connectivity index (χ2v) is 5.66. The molecule has 5 heteroatoms. The van der Waals surface area contributed by atoms with Gasteiger partial charge in [-0.05, 0) is 49.7 Å². The number of hydrogen-bond acceptors (Lipinski definition) is 3. The number of ether oxygens (including phenoxy) is 1. The highest BCUT2D eigenvalue weighted by atomic mass is 79.9. The Labute approximate surface area is 120 Å². The van der Waals surface area contributed by atoms with E-state index in [9.17, 15) is 9.18 Å². The van der Waals surface area contributed by atoms with Gasteiger partial charge in [-0.25, -0.2) is 4.39 Å². The van der Waals surface area contributed by atoms with Gasteiger partial charge in [-0.15, -0.1) is 0 Å². The molecule has 0 aliphatic carbocycles. The van der Waals surface area contributed by atoms with E-state index >= 15 is 0 Å². The van der Waals surface area contributed by atoms with Gasteiger partial charge in [0.05, 0.1) is 13.0 Å². The fourth-order valence-electron chi connectivity index (χ4n) is 2.40. The van der Waals surface area contributed by atoms with Crippen molar-refractivity contribution in [3.8, 4) is 0 Å². The molecular weight excluding hydrogens is 313 g/mol. The van der Waals surface area contributed by atoms with E-state index in [0.717, 1.165) is 36.0 Å². The maximum atomic E-state index is 13.2. The molecule has 19 heavy (non-hydrogen) atoms. The van der Waals surface area contributed by atoms with Crippen LogP contribution in [-0.2, 0) is 16.1 Å². The maximum absolute atomic E-state index is 13.2. The molecule has 1 fully saturated rings. The quantitative estimate of drug-likeness (QED) is 0.798. The number of piperidine rings is 1. The number of methoxy groups -OCH3 is 1. The van der Waals surface area contributed by atoms with Crippen molar-refractivity contribution in [1.29, 1.82) is 0 Å². The van der Waals surface area contributed by atoms with E-state index < -0.39 is 0 Å². The summed E-state index contributed by atoms with van der Waals surface area (Å²) in [7, 11) is 1.43. The number of benzene rings is 1. The summed E-state index contributed by atoms with van der Waals surface area (Å²) >= 11 is 3.44. The van der Waals surface area contributed by atoms with Crippen LogP contribution in [0.25, 0.3) is 0 Å². The highest BCUT2D eigenvalue weighted by Gasteiger charge is 2.25. The molecule has 1 aromatic carbocycles. The number of hydrogen-bond donors (Lipinski definition) is 0. The standard InChI is InChI=1S/C14H17BrFNO2/c1-19-14(18)10-4-6-17(7-5-10)9-11-8-12(16)2-3-13(11)15/h2-3,8,10H,4-7,9H2,1H3. The van der Waals surface area contributed by atoms with Gasteiger partial charge in [0.15, 0.2) is 0 Å². The van der Waals surface area contributed by atoms with Crippen molar-refractivity contribution in [3.63, 3.8) is 0 Å². The topological polar surface area (TPSA) is 29.5 Å². The van der Waals surface area contributed by atoms with Gasteiger partial charge in [0.25, 0.3) is 0 Å². The summed E-state index contributed by atoms with van der Waals surface area (Å²) in [5.41, 5.74) is 0.941. The van der Waals surface area contributed by atoms with Gasteiger partial charge >= 0.3 is 5.97 Å². The van der Waals surface area contributed by atoms with Gasteiger partial charge in [-0.2, -0.15) is 0 Å². The first-order valence-electron chi connectivity index (χ1n) is 6.34.